The molecule has 1 heterocycles. The SMILES string of the molecule is ONc1cc(C2CC2)ncn1. The lowest BCUT2D eigenvalue weighted by Gasteiger charge is -1.98. The maximum absolute atomic E-state index is 8.52. The van der Waals surface area contributed by atoms with Crippen molar-refractivity contribution in [2.75, 3.05) is 5.48 Å². The Morgan fingerprint density at radius 2 is 2.27 bits per heavy atom. The van der Waals surface area contributed by atoms with Crippen LogP contribution in [0.2, 0.25) is 0 Å². The summed E-state index contributed by atoms with van der Waals surface area (Å²) in [5.41, 5.74) is 3.02. The van der Waals surface area contributed by atoms with E-state index < -0.39 is 0 Å². The molecule has 0 amide bonds. The van der Waals surface area contributed by atoms with Gasteiger partial charge in [0, 0.05) is 17.7 Å². The molecule has 1 fully saturated rings. The first-order chi connectivity index (χ1) is 5.40. The minimum atomic E-state index is 0.474. The van der Waals surface area contributed by atoms with Crippen LogP contribution >= 0.6 is 0 Å². The second kappa shape index (κ2) is 2.47. The molecule has 0 radical (unpaired) electrons. The molecular weight excluding hydrogens is 142 g/mol. The molecule has 1 aromatic rings. The third kappa shape index (κ3) is 1.30. The molecule has 4 nitrogen and oxygen atoms in total. The number of aromatic nitrogens is 2. The highest BCUT2D eigenvalue weighted by molar-refractivity contribution is 5.33. The maximum atomic E-state index is 8.52. The molecule has 1 saturated carbocycles. The fourth-order valence-corrected chi connectivity index (χ4v) is 1.04. The van der Waals surface area contributed by atoms with E-state index in [0.29, 0.717) is 11.7 Å². The van der Waals surface area contributed by atoms with Gasteiger partial charge in [0.05, 0.1) is 0 Å². The lowest BCUT2D eigenvalue weighted by Crippen LogP contribution is -1.95. The molecule has 0 spiro atoms. The molecule has 0 bridgehead atoms. The minimum absolute atomic E-state index is 0.474. The van der Waals surface area contributed by atoms with Gasteiger partial charge in [-0.15, -0.1) is 0 Å². The van der Waals surface area contributed by atoms with Gasteiger partial charge >= 0.3 is 0 Å². The monoisotopic (exact) mass is 151 g/mol. The van der Waals surface area contributed by atoms with Gasteiger partial charge in [-0.05, 0) is 12.8 Å². The number of nitrogens with zero attached hydrogens (tertiary/aromatic N) is 2. The molecule has 0 saturated heterocycles. The van der Waals surface area contributed by atoms with Gasteiger partial charge < -0.3 is 0 Å². The summed E-state index contributed by atoms with van der Waals surface area (Å²) in [4.78, 5) is 7.88. The Morgan fingerprint density at radius 1 is 1.45 bits per heavy atom. The van der Waals surface area contributed by atoms with Crippen LogP contribution in [0.3, 0.4) is 0 Å². The number of anilines is 1. The molecule has 2 N–H and O–H groups in total. The summed E-state index contributed by atoms with van der Waals surface area (Å²) in [5.74, 6) is 1.08. The second-order valence-corrected chi connectivity index (χ2v) is 2.71. The van der Waals surface area contributed by atoms with Crippen molar-refractivity contribution in [3.8, 4) is 0 Å². The van der Waals surface area contributed by atoms with Crippen LogP contribution in [0, 0.1) is 0 Å². The van der Waals surface area contributed by atoms with Crippen molar-refractivity contribution in [3.63, 3.8) is 0 Å². The fraction of sp³-hybridized carbons (Fsp3) is 0.429. The van der Waals surface area contributed by atoms with E-state index in [-0.39, 0.29) is 0 Å². The standard InChI is InChI=1S/C7H9N3O/c11-10-7-3-6(5-1-2-5)8-4-9-7/h3-5,11H,1-2H2,(H,8,9,10). The molecule has 1 aliphatic carbocycles. The van der Waals surface area contributed by atoms with E-state index in [1.807, 2.05) is 5.48 Å². The van der Waals surface area contributed by atoms with Gasteiger partial charge in [-0.1, -0.05) is 0 Å². The van der Waals surface area contributed by atoms with Crippen LogP contribution in [0.1, 0.15) is 24.5 Å². The Hall–Kier alpha value is -1.16. The molecule has 4 heteroatoms. The summed E-state index contributed by atoms with van der Waals surface area (Å²) in [6.45, 7) is 0. The van der Waals surface area contributed by atoms with E-state index in [4.69, 9.17) is 5.21 Å². The van der Waals surface area contributed by atoms with Crippen LogP contribution in [-0.4, -0.2) is 15.2 Å². The van der Waals surface area contributed by atoms with Gasteiger partial charge in [-0.25, -0.2) is 9.97 Å². The van der Waals surface area contributed by atoms with Gasteiger partial charge in [0.1, 0.15) is 6.33 Å². The van der Waals surface area contributed by atoms with Gasteiger partial charge in [0.25, 0.3) is 0 Å². The molecule has 2 rings (SSSR count). The summed E-state index contributed by atoms with van der Waals surface area (Å²) in [6.07, 6.45) is 3.88. The van der Waals surface area contributed by atoms with Gasteiger partial charge in [-0.2, -0.15) is 0 Å². The first-order valence-electron chi connectivity index (χ1n) is 3.62. The van der Waals surface area contributed by atoms with Crippen LogP contribution in [0.15, 0.2) is 12.4 Å². The smallest absolute Gasteiger partial charge is 0.153 e. The zero-order valence-electron chi connectivity index (χ0n) is 5.99. The average molecular weight is 151 g/mol. The second-order valence-electron chi connectivity index (χ2n) is 2.71. The normalized spacial score (nSPS) is 16.5. The Kier molecular flexibility index (Phi) is 1.47. The Morgan fingerprint density at radius 3 is 2.91 bits per heavy atom. The van der Waals surface area contributed by atoms with Crippen LogP contribution in [0.25, 0.3) is 0 Å². The zero-order valence-corrected chi connectivity index (χ0v) is 5.99. The summed E-state index contributed by atoms with van der Waals surface area (Å²) in [6, 6.07) is 1.78. The van der Waals surface area contributed by atoms with Crippen LogP contribution in [-0.2, 0) is 0 Å². The molecule has 0 aromatic carbocycles. The first-order valence-corrected chi connectivity index (χ1v) is 3.62. The molecule has 1 aromatic heterocycles. The van der Waals surface area contributed by atoms with E-state index >= 15 is 0 Å². The Balaban J connectivity index is 2.26. The van der Waals surface area contributed by atoms with Gasteiger partial charge in [0.15, 0.2) is 5.82 Å². The van der Waals surface area contributed by atoms with Crippen LogP contribution in [0.5, 0.6) is 0 Å². The lowest BCUT2D eigenvalue weighted by molar-refractivity contribution is 0.385. The van der Waals surface area contributed by atoms with Crippen LogP contribution in [0.4, 0.5) is 5.82 Å². The third-order valence-corrected chi connectivity index (χ3v) is 1.80. The van der Waals surface area contributed by atoms with E-state index in [2.05, 4.69) is 9.97 Å². The molecule has 0 atom stereocenters. The van der Waals surface area contributed by atoms with Gasteiger partial charge in [0.2, 0.25) is 0 Å². The third-order valence-electron chi connectivity index (χ3n) is 1.80. The van der Waals surface area contributed by atoms with E-state index in [1.165, 1.54) is 19.2 Å². The molecular formula is C7H9N3O. The van der Waals surface area contributed by atoms with Crippen molar-refractivity contribution in [1.29, 1.82) is 0 Å². The Labute approximate surface area is 64.3 Å². The number of rotatable bonds is 2. The fourth-order valence-electron chi connectivity index (χ4n) is 1.04. The van der Waals surface area contributed by atoms with E-state index in [9.17, 15) is 0 Å². The first kappa shape index (κ1) is 6.54. The number of hydrogen-bond donors (Lipinski definition) is 2. The lowest BCUT2D eigenvalue weighted by atomic mass is 10.3. The highest BCUT2D eigenvalue weighted by Gasteiger charge is 2.24. The topological polar surface area (TPSA) is 58.0 Å². The van der Waals surface area contributed by atoms with Crippen molar-refractivity contribution in [2.45, 2.75) is 18.8 Å². The van der Waals surface area contributed by atoms with Crippen molar-refractivity contribution in [2.24, 2.45) is 0 Å². The molecule has 0 aliphatic heterocycles. The van der Waals surface area contributed by atoms with Crippen LogP contribution < -0.4 is 5.48 Å². The minimum Gasteiger partial charge on any atom is -0.290 e. The van der Waals surface area contributed by atoms with Crippen molar-refractivity contribution in [1.82, 2.24) is 9.97 Å². The summed E-state index contributed by atoms with van der Waals surface area (Å²) >= 11 is 0. The number of hydrogen-bond acceptors (Lipinski definition) is 4. The highest BCUT2D eigenvalue weighted by Crippen LogP contribution is 2.39. The maximum Gasteiger partial charge on any atom is 0.153 e. The van der Waals surface area contributed by atoms with E-state index in [1.54, 1.807) is 6.07 Å². The molecule has 0 unspecified atom stereocenters. The van der Waals surface area contributed by atoms with Crippen molar-refractivity contribution < 1.29 is 5.21 Å². The molecule has 11 heavy (non-hydrogen) atoms. The molecule has 1 aliphatic rings. The average Bonchev–Trinajstić information content (AvgIpc) is 2.87. The number of nitrogens with one attached hydrogen (secondary N) is 1. The Bertz CT molecular complexity index is 260. The summed E-state index contributed by atoms with van der Waals surface area (Å²) in [5, 5.41) is 8.52. The largest absolute Gasteiger partial charge is 0.290 e. The van der Waals surface area contributed by atoms with E-state index in [0.717, 1.165) is 5.69 Å². The van der Waals surface area contributed by atoms with Crippen molar-refractivity contribution >= 4 is 5.82 Å². The molecule has 58 valence electrons. The predicted molar refractivity (Wildman–Crippen MR) is 39.4 cm³/mol. The highest BCUT2D eigenvalue weighted by atomic mass is 16.5. The van der Waals surface area contributed by atoms with Crippen molar-refractivity contribution in [3.05, 3.63) is 18.1 Å². The summed E-state index contributed by atoms with van der Waals surface area (Å²) in [7, 11) is 0. The summed E-state index contributed by atoms with van der Waals surface area (Å²) < 4.78 is 0. The predicted octanol–water partition coefficient (Wildman–Crippen LogP) is 1.16. The quantitative estimate of drug-likeness (QED) is 0.622. The zero-order chi connectivity index (χ0) is 7.68. The van der Waals surface area contributed by atoms with Gasteiger partial charge in [-0.3, -0.25) is 10.7 Å².